The molecule has 0 aliphatic rings. The average molecular weight is 625 g/mol. The van der Waals surface area contributed by atoms with Crippen molar-refractivity contribution in [1.82, 2.24) is 5.32 Å². The van der Waals surface area contributed by atoms with E-state index in [1.54, 1.807) is 12.1 Å². The van der Waals surface area contributed by atoms with Crippen molar-refractivity contribution in [2.75, 3.05) is 6.16 Å². The number of rotatable bonds is 10. The van der Waals surface area contributed by atoms with Crippen LogP contribution >= 0.6 is 7.26 Å². The maximum atomic E-state index is 13.8. The number of hydrogen-bond donors (Lipinski definition) is 1. The molecule has 41 heavy (non-hydrogen) atoms. The van der Waals surface area contributed by atoms with Gasteiger partial charge in [-0.25, -0.2) is 4.79 Å². The number of hydrogen-bond acceptors (Lipinski definition) is 3. The molecule has 5 aromatic carbocycles. The Labute approximate surface area is 252 Å². The summed E-state index contributed by atoms with van der Waals surface area (Å²) in [4.78, 5) is 27.3. The molecule has 0 fully saturated rings. The summed E-state index contributed by atoms with van der Waals surface area (Å²) in [5.74, 6) is -0.769. The highest BCUT2D eigenvalue weighted by Crippen LogP contribution is 2.55. The minimum atomic E-state index is -2.42. The lowest BCUT2D eigenvalue weighted by Crippen LogP contribution is -3.00. The van der Waals surface area contributed by atoms with E-state index >= 15 is 0 Å². The number of amides is 1. The molecule has 1 atom stereocenters. The van der Waals surface area contributed by atoms with Crippen LogP contribution in [0.2, 0.25) is 0 Å². The molecule has 1 N–H and O–H groups in total. The van der Waals surface area contributed by atoms with Gasteiger partial charge in [-0.3, -0.25) is 4.79 Å². The smallest absolute Gasteiger partial charge is 0.332 e. The van der Waals surface area contributed by atoms with Gasteiger partial charge >= 0.3 is 5.97 Å². The zero-order chi connectivity index (χ0) is 27.6. The van der Waals surface area contributed by atoms with Crippen LogP contribution in [0.15, 0.2) is 152 Å². The van der Waals surface area contributed by atoms with Crippen molar-refractivity contribution in [3.05, 3.63) is 163 Å². The lowest BCUT2D eigenvalue weighted by atomic mass is 10.2. The van der Waals surface area contributed by atoms with Gasteiger partial charge in [0.1, 0.15) is 35.9 Å². The summed E-state index contributed by atoms with van der Waals surface area (Å²) in [5, 5.41) is 6.43. The van der Waals surface area contributed by atoms with E-state index in [1.807, 2.05) is 103 Å². The first-order valence-corrected chi connectivity index (χ1v) is 15.3. The fourth-order valence-corrected chi connectivity index (χ4v) is 9.28. The first kappa shape index (κ1) is 29.9. The van der Waals surface area contributed by atoms with Gasteiger partial charge in [-0.1, -0.05) is 103 Å². The molecule has 206 valence electrons. The Kier molecular flexibility index (Phi) is 10.6. The van der Waals surface area contributed by atoms with E-state index in [1.165, 1.54) is 0 Å². The number of carbonyl (C=O) groups is 2. The first-order chi connectivity index (χ1) is 19.7. The second-order valence-corrected chi connectivity index (χ2v) is 13.0. The summed E-state index contributed by atoms with van der Waals surface area (Å²) >= 11 is 0. The number of benzene rings is 5. The number of carbonyl (C=O) groups excluding carboxylic acids is 2. The molecular weight excluding hydrogens is 593 g/mol. The summed E-state index contributed by atoms with van der Waals surface area (Å²) < 4.78 is 5.84. The number of nitrogens with one attached hydrogen (secondary N) is 1. The molecule has 0 heterocycles. The normalized spacial score (nSPS) is 11.5. The van der Waals surface area contributed by atoms with Gasteiger partial charge in [0, 0.05) is 5.56 Å². The van der Waals surface area contributed by atoms with Gasteiger partial charge in [0.2, 0.25) is 0 Å². The third-order valence-electron chi connectivity index (χ3n) is 6.90. The maximum absolute atomic E-state index is 13.8. The molecule has 0 unspecified atom stereocenters. The Morgan fingerprint density at radius 3 is 1.41 bits per heavy atom. The van der Waals surface area contributed by atoms with Gasteiger partial charge in [0.25, 0.3) is 5.91 Å². The van der Waals surface area contributed by atoms with Gasteiger partial charge in [-0.2, -0.15) is 0 Å². The van der Waals surface area contributed by atoms with Gasteiger partial charge in [-0.15, -0.1) is 0 Å². The largest absolute Gasteiger partial charge is 1.00 e. The predicted octanol–water partition coefficient (Wildman–Crippen LogP) is 2.53. The van der Waals surface area contributed by atoms with E-state index in [0.717, 1.165) is 21.5 Å². The summed E-state index contributed by atoms with van der Waals surface area (Å²) in [6.45, 7) is 0.130. The molecule has 0 saturated heterocycles. The van der Waals surface area contributed by atoms with E-state index in [2.05, 4.69) is 41.7 Å². The Bertz CT molecular complexity index is 1420. The molecule has 1 amide bonds. The monoisotopic (exact) mass is 623 g/mol. The molecule has 0 radical (unpaired) electrons. The van der Waals surface area contributed by atoms with Crippen molar-refractivity contribution in [1.29, 1.82) is 0 Å². The van der Waals surface area contributed by atoms with Crippen LogP contribution in [0.25, 0.3) is 0 Å². The van der Waals surface area contributed by atoms with Crippen LogP contribution in [0, 0.1) is 0 Å². The lowest BCUT2D eigenvalue weighted by molar-refractivity contribution is -0.146. The van der Waals surface area contributed by atoms with Crippen LogP contribution in [-0.4, -0.2) is 24.1 Å². The number of halogens is 1. The Morgan fingerprint density at radius 2 is 0.976 bits per heavy atom. The van der Waals surface area contributed by atoms with E-state index < -0.39 is 19.3 Å². The summed E-state index contributed by atoms with van der Waals surface area (Å²) in [6.07, 6.45) is 0.372. The molecule has 6 heteroatoms. The van der Waals surface area contributed by atoms with Crippen molar-refractivity contribution in [3.8, 4) is 0 Å². The second kappa shape index (κ2) is 14.5. The van der Waals surface area contributed by atoms with Crippen molar-refractivity contribution in [2.45, 2.75) is 12.6 Å². The Balaban J connectivity index is 0.00000387. The Morgan fingerprint density at radius 1 is 0.585 bits per heavy atom. The molecule has 0 aliphatic carbocycles. The molecule has 4 nitrogen and oxygen atoms in total. The van der Waals surface area contributed by atoms with Gasteiger partial charge in [-0.05, 0) is 54.1 Å². The molecule has 0 saturated carbocycles. The van der Waals surface area contributed by atoms with Crippen LogP contribution in [0.3, 0.4) is 0 Å². The molecule has 0 aromatic heterocycles. The number of ether oxygens (including phenoxy) is 1. The van der Waals surface area contributed by atoms with Crippen molar-refractivity contribution < 1.29 is 31.3 Å². The second-order valence-electron chi connectivity index (χ2n) is 9.48. The third kappa shape index (κ3) is 7.18. The standard InChI is InChI=1S/C35H30NO3P.BrH/c37-34(29-18-8-2-9-19-29)36-33(35(38)39-26-28-16-6-1-7-17-28)27-40(30-20-10-3-11-21-30,31-22-12-4-13-23-31)32-24-14-5-15-25-32;/h1-25,33H,26-27H2;1H/t33-;/m1./s1. The molecule has 0 aliphatic heterocycles. The third-order valence-corrected chi connectivity index (χ3v) is 11.3. The zero-order valence-corrected chi connectivity index (χ0v) is 25.0. The molecule has 5 aromatic rings. The van der Waals surface area contributed by atoms with Crippen LogP contribution < -0.4 is 38.2 Å². The SMILES string of the molecule is O=C(N[C@H](C[P+](c1ccccc1)(c1ccccc1)c1ccccc1)C(=O)OCc1ccccc1)c1ccccc1.[Br-]. The van der Waals surface area contributed by atoms with Crippen molar-refractivity contribution in [2.24, 2.45) is 0 Å². The van der Waals surface area contributed by atoms with Gasteiger partial charge < -0.3 is 27.0 Å². The van der Waals surface area contributed by atoms with Crippen LogP contribution in [0.4, 0.5) is 0 Å². The van der Waals surface area contributed by atoms with Gasteiger partial charge in [0.05, 0.1) is 0 Å². The molecule has 5 rings (SSSR count). The van der Waals surface area contributed by atoms with Crippen LogP contribution in [0.1, 0.15) is 15.9 Å². The summed E-state index contributed by atoms with van der Waals surface area (Å²) in [5.41, 5.74) is 1.38. The van der Waals surface area contributed by atoms with Crippen molar-refractivity contribution in [3.63, 3.8) is 0 Å². The van der Waals surface area contributed by atoms with E-state index in [0.29, 0.717) is 11.7 Å². The van der Waals surface area contributed by atoms with Gasteiger partial charge in [0.15, 0.2) is 6.04 Å². The fraction of sp³-hybridized carbons (Fsp3) is 0.0857. The average Bonchev–Trinajstić information content (AvgIpc) is 3.04. The molecule has 0 bridgehead atoms. The quantitative estimate of drug-likeness (QED) is 0.192. The highest BCUT2D eigenvalue weighted by Gasteiger charge is 2.49. The molecule has 0 spiro atoms. The lowest BCUT2D eigenvalue weighted by Gasteiger charge is -2.30. The topological polar surface area (TPSA) is 55.4 Å². The highest BCUT2D eigenvalue weighted by molar-refractivity contribution is 7.95. The maximum Gasteiger partial charge on any atom is 0.332 e. The predicted molar refractivity (Wildman–Crippen MR) is 164 cm³/mol. The Hall–Kier alpha value is -4.05. The first-order valence-electron chi connectivity index (χ1n) is 13.3. The fourth-order valence-electron chi connectivity index (χ4n) is 4.92. The van der Waals surface area contributed by atoms with Crippen LogP contribution in [-0.2, 0) is 16.1 Å². The molecular formula is C35H31BrNO3P. The minimum Gasteiger partial charge on any atom is -1.00 e. The van der Waals surface area contributed by atoms with E-state index in [9.17, 15) is 9.59 Å². The minimum absolute atomic E-state index is 0. The van der Waals surface area contributed by atoms with Crippen molar-refractivity contribution >= 4 is 35.1 Å². The number of esters is 1. The van der Waals surface area contributed by atoms with Crippen LogP contribution in [0.5, 0.6) is 0 Å². The van der Waals surface area contributed by atoms with E-state index in [-0.39, 0.29) is 29.5 Å². The summed E-state index contributed by atoms with van der Waals surface area (Å²) in [7, 11) is -2.42. The summed E-state index contributed by atoms with van der Waals surface area (Å²) in [6, 6.07) is 48.6. The highest BCUT2D eigenvalue weighted by atomic mass is 79.9. The van der Waals surface area contributed by atoms with E-state index in [4.69, 9.17) is 4.74 Å². The zero-order valence-electron chi connectivity index (χ0n) is 22.5.